The third-order valence-corrected chi connectivity index (χ3v) is 14.6. The summed E-state index contributed by atoms with van der Waals surface area (Å²) in [7, 11) is 0. The van der Waals surface area contributed by atoms with Crippen molar-refractivity contribution in [1.29, 1.82) is 0 Å². The normalized spacial score (nSPS) is 13.2. The zero-order valence-electron chi connectivity index (χ0n) is 38.8. The Morgan fingerprint density at radius 1 is 0.366 bits per heavy atom. The molecule has 0 aliphatic heterocycles. The van der Waals surface area contributed by atoms with Gasteiger partial charge in [-0.25, -0.2) is 4.98 Å². The van der Waals surface area contributed by atoms with Crippen LogP contribution in [0.25, 0.3) is 111 Å². The van der Waals surface area contributed by atoms with E-state index < -0.39 is 0 Å². The highest BCUT2D eigenvalue weighted by atomic mass is 15.2. The fourth-order valence-corrected chi connectivity index (χ4v) is 11.4. The van der Waals surface area contributed by atoms with Gasteiger partial charge in [0.25, 0.3) is 0 Å². The quantitative estimate of drug-likeness (QED) is 0.153. The zero-order chi connectivity index (χ0) is 46.8. The maximum atomic E-state index is 5.42. The summed E-state index contributed by atoms with van der Waals surface area (Å²) in [6, 6.07) is 87.3. The van der Waals surface area contributed by atoms with Crippen LogP contribution in [0.1, 0.15) is 22.6 Å². The van der Waals surface area contributed by atoms with E-state index in [2.05, 4.69) is 234 Å². The molecule has 0 amide bonds. The molecule has 5 heteroatoms. The van der Waals surface area contributed by atoms with E-state index in [0.29, 0.717) is 17.6 Å². The minimum absolute atomic E-state index is 0.157. The van der Waals surface area contributed by atoms with Crippen LogP contribution in [0, 0.1) is 0 Å². The van der Waals surface area contributed by atoms with Crippen LogP contribution in [-0.4, -0.2) is 24.1 Å². The highest BCUT2D eigenvalue weighted by Crippen LogP contribution is 2.48. The lowest BCUT2D eigenvalue weighted by Crippen LogP contribution is -2.16. The van der Waals surface area contributed by atoms with E-state index in [1.54, 1.807) is 0 Å². The Balaban J connectivity index is 0.986. The minimum Gasteiger partial charge on any atom is -0.309 e. The summed E-state index contributed by atoms with van der Waals surface area (Å²) in [6.07, 6.45) is 1.66. The highest BCUT2D eigenvalue weighted by Gasteiger charge is 2.31. The fourth-order valence-electron chi connectivity index (χ4n) is 11.4. The van der Waals surface area contributed by atoms with Crippen molar-refractivity contribution < 1.29 is 0 Å². The molecule has 0 bridgehead atoms. The molecule has 0 spiro atoms. The summed E-state index contributed by atoms with van der Waals surface area (Å²) in [5, 5.41) is 4.87. The van der Waals surface area contributed by atoms with Gasteiger partial charge in [0.05, 0.1) is 22.1 Å². The molecule has 14 rings (SSSR count). The molecule has 71 heavy (non-hydrogen) atoms. The summed E-state index contributed by atoms with van der Waals surface area (Å²) in [5.74, 6) is 2.01. The van der Waals surface area contributed by atoms with Crippen LogP contribution in [-0.2, 0) is 12.8 Å². The van der Waals surface area contributed by atoms with Crippen LogP contribution in [0.2, 0.25) is 0 Å². The standard InChI is InChI=1S/C66H45N5/c1-5-19-43(20-6-1)45-33-35-47(36-34-45)65-67-64(46-23-9-3-10-24-46)68-66(69-65)71-61-32-18-15-29-55(61)57-38-37-54-53-28-14-13-27-52(53)49(42-58(54)63(57)71)40-50-39-48(44-21-7-2-8-22-44)41-59-56-30-16-17-31-60(56)70(62(50)59)51-25-11-4-12-26-51/h1-39,41,49H,40,42H2. The summed E-state index contributed by atoms with van der Waals surface area (Å²) < 4.78 is 4.82. The monoisotopic (exact) mass is 907 g/mol. The van der Waals surface area contributed by atoms with Crippen molar-refractivity contribution in [3.8, 4) is 67.8 Å². The van der Waals surface area contributed by atoms with E-state index in [1.807, 2.05) is 18.2 Å². The molecule has 0 fully saturated rings. The van der Waals surface area contributed by atoms with E-state index >= 15 is 0 Å². The Morgan fingerprint density at radius 2 is 0.887 bits per heavy atom. The predicted molar refractivity (Wildman–Crippen MR) is 292 cm³/mol. The van der Waals surface area contributed by atoms with E-state index in [9.17, 15) is 0 Å². The van der Waals surface area contributed by atoms with Crippen molar-refractivity contribution in [3.63, 3.8) is 0 Å². The van der Waals surface area contributed by atoms with Crippen molar-refractivity contribution in [3.05, 3.63) is 259 Å². The summed E-state index contributed by atoms with van der Waals surface area (Å²) in [4.78, 5) is 16.0. The summed E-state index contributed by atoms with van der Waals surface area (Å²) in [5.41, 5.74) is 19.0. The Labute approximate surface area is 411 Å². The van der Waals surface area contributed by atoms with Crippen LogP contribution in [0.15, 0.2) is 243 Å². The first kappa shape index (κ1) is 40.8. The van der Waals surface area contributed by atoms with Crippen molar-refractivity contribution in [2.24, 2.45) is 0 Å². The Hall–Kier alpha value is -9.19. The van der Waals surface area contributed by atoms with Crippen LogP contribution in [0.4, 0.5) is 0 Å². The molecule has 0 radical (unpaired) electrons. The number of benzene rings is 10. The first-order valence-electron chi connectivity index (χ1n) is 24.5. The number of aromatic nitrogens is 5. The van der Waals surface area contributed by atoms with Crippen molar-refractivity contribution in [1.82, 2.24) is 24.1 Å². The van der Waals surface area contributed by atoms with Gasteiger partial charge in [0.1, 0.15) is 0 Å². The van der Waals surface area contributed by atoms with E-state index in [-0.39, 0.29) is 5.92 Å². The SMILES string of the molecule is c1ccc(-c2ccc(-c3nc(-c4ccccc4)nc(-n4c5ccccc5c5ccc6c(c54)CC(Cc4cc(-c5ccccc5)cc5c7ccccc7n(-c7ccccc7)c45)c4ccccc4-6)n3)cc2)cc1. The third-order valence-electron chi connectivity index (χ3n) is 14.6. The predicted octanol–water partition coefficient (Wildman–Crippen LogP) is 16.3. The van der Waals surface area contributed by atoms with E-state index in [1.165, 1.54) is 77.1 Å². The Morgan fingerprint density at radius 3 is 1.58 bits per heavy atom. The maximum Gasteiger partial charge on any atom is 0.238 e. The zero-order valence-corrected chi connectivity index (χ0v) is 38.8. The summed E-state index contributed by atoms with van der Waals surface area (Å²) >= 11 is 0. The first-order valence-corrected chi connectivity index (χ1v) is 24.5. The Kier molecular flexibility index (Phi) is 9.66. The largest absolute Gasteiger partial charge is 0.309 e. The van der Waals surface area contributed by atoms with Gasteiger partial charge in [0.2, 0.25) is 5.95 Å². The molecule has 1 unspecified atom stereocenters. The van der Waals surface area contributed by atoms with E-state index in [4.69, 9.17) is 15.0 Å². The van der Waals surface area contributed by atoms with Crippen LogP contribution < -0.4 is 0 Å². The van der Waals surface area contributed by atoms with E-state index in [0.717, 1.165) is 46.3 Å². The summed E-state index contributed by atoms with van der Waals surface area (Å²) in [6.45, 7) is 0. The molecule has 3 aromatic heterocycles. The second kappa shape index (κ2) is 16.8. The lowest BCUT2D eigenvalue weighted by molar-refractivity contribution is 0.676. The molecule has 1 atom stereocenters. The van der Waals surface area contributed by atoms with Crippen LogP contribution >= 0.6 is 0 Å². The maximum absolute atomic E-state index is 5.42. The fraction of sp³-hybridized carbons (Fsp3) is 0.0455. The van der Waals surface area contributed by atoms with Crippen molar-refractivity contribution in [2.75, 3.05) is 0 Å². The smallest absolute Gasteiger partial charge is 0.238 e. The van der Waals surface area contributed by atoms with Crippen molar-refractivity contribution in [2.45, 2.75) is 18.8 Å². The van der Waals surface area contributed by atoms with Gasteiger partial charge in [-0.1, -0.05) is 206 Å². The second-order valence-electron chi connectivity index (χ2n) is 18.7. The molecule has 10 aromatic carbocycles. The Bertz CT molecular complexity index is 4140. The number of nitrogens with zero attached hydrogens (tertiary/aromatic N) is 5. The van der Waals surface area contributed by atoms with Gasteiger partial charge in [0.15, 0.2) is 11.6 Å². The van der Waals surface area contributed by atoms with Gasteiger partial charge < -0.3 is 4.57 Å². The number of para-hydroxylation sites is 3. The third kappa shape index (κ3) is 6.88. The lowest BCUT2D eigenvalue weighted by Gasteiger charge is -2.29. The molecular formula is C66H45N5. The van der Waals surface area contributed by atoms with Gasteiger partial charge in [0, 0.05) is 38.4 Å². The topological polar surface area (TPSA) is 48.5 Å². The molecule has 0 saturated heterocycles. The van der Waals surface area contributed by atoms with Gasteiger partial charge in [-0.15, -0.1) is 0 Å². The van der Waals surface area contributed by atoms with Crippen molar-refractivity contribution >= 4 is 43.6 Å². The molecule has 0 saturated carbocycles. The minimum atomic E-state index is 0.157. The molecule has 3 heterocycles. The first-order chi connectivity index (χ1) is 35.2. The lowest BCUT2D eigenvalue weighted by atomic mass is 9.75. The van der Waals surface area contributed by atoms with Gasteiger partial charge in [-0.05, 0) is 105 Å². The number of fused-ring (bicyclic) bond motifs is 10. The number of rotatable bonds is 8. The molecule has 1 aliphatic rings. The number of hydrogen-bond acceptors (Lipinski definition) is 3. The molecule has 0 N–H and O–H groups in total. The molecule has 13 aromatic rings. The van der Waals surface area contributed by atoms with Gasteiger partial charge in [-0.3, -0.25) is 4.57 Å². The van der Waals surface area contributed by atoms with Gasteiger partial charge >= 0.3 is 0 Å². The van der Waals surface area contributed by atoms with Crippen LogP contribution in [0.3, 0.4) is 0 Å². The van der Waals surface area contributed by atoms with Gasteiger partial charge in [-0.2, -0.15) is 9.97 Å². The van der Waals surface area contributed by atoms with Crippen LogP contribution in [0.5, 0.6) is 0 Å². The average Bonchev–Trinajstić information content (AvgIpc) is 3.98. The number of hydrogen-bond donors (Lipinski definition) is 0. The molecule has 334 valence electrons. The molecule has 1 aliphatic carbocycles. The highest BCUT2D eigenvalue weighted by molar-refractivity contribution is 6.13. The molecule has 5 nitrogen and oxygen atoms in total. The second-order valence-corrected chi connectivity index (χ2v) is 18.7. The molecular weight excluding hydrogens is 863 g/mol. The average molecular weight is 908 g/mol.